The molecule has 0 saturated carbocycles. The molecule has 1 N–H and O–H groups in total. The number of nitrogens with one attached hydrogen (secondary N) is 1. The van der Waals surface area contributed by atoms with Crippen LogP contribution in [-0.2, 0) is 29.0 Å². The summed E-state index contributed by atoms with van der Waals surface area (Å²) in [5, 5.41) is 13.4. The van der Waals surface area contributed by atoms with E-state index in [-0.39, 0.29) is 24.2 Å². The molecule has 0 bridgehead atoms. The molecular formula is C28H30N4O3S. The number of nitrogens with zero attached hydrogens (tertiary/aromatic N) is 3. The van der Waals surface area contributed by atoms with Crippen LogP contribution in [0.4, 0.5) is 5.00 Å². The maximum Gasteiger partial charge on any atom is 0.225 e. The molecule has 0 saturated heterocycles. The lowest BCUT2D eigenvalue weighted by molar-refractivity contribution is -0.132. The van der Waals surface area contributed by atoms with Crippen LogP contribution in [0.15, 0.2) is 48.8 Å². The summed E-state index contributed by atoms with van der Waals surface area (Å²) in [6.45, 7) is 5.53. The number of hydrogen-bond donors (Lipinski definition) is 1. The van der Waals surface area contributed by atoms with Gasteiger partial charge in [0.25, 0.3) is 0 Å². The van der Waals surface area contributed by atoms with Crippen molar-refractivity contribution < 1.29 is 14.3 Å². The SMILES string of the molecule is CCOc1ccccc1[C@@H](C)CC(=O)Nc1sc2c(c1C#N)CCN(C(=O)CCc1cccnc1)C2. The van der Waals surface area contributed by atoms with Crippen LogP contribution in [0.25, 0.3) is 0 Å². The number of aryl methyl sites for hydroxylation is 1. The molecule has 3 aromatic rings. The highest BCUT2D eigenvalue weighted by Gasteiger charge is 2.27. The summed E-state index contributed by atoms with van der Waals surface area (Å²) in [5.41, 5.74) is 3.49. The summed E-state index contributed by atoms with van der Waals surface area (Å²) >= 11 is 1.40. The van der Waals surface area contributed by atoms with Crippen molar-refractivity contribution in [1.29, 1.82) is 5.26 Å². The number of ether oxygens (including phenoxy) is 1. The molecule has 0 fully saturated rings. The van der Waals surface area contributed by atoms with Gasteiger partial charge in [-0.15, -0.1) is 11.3 Å². The van der Waals surface area contributed by atoms with E-state index < -0.39 is 0 Å². The van der Waals surface area contributed by atoms with Crippen LogP contribution in [0.3, 0.4) is 0 Å². The summed E-state index contributed by atoms with van der Waals surface area (Å²) in [4.78, 5) is 32.6. The minimum atomic E-state index is -0.145. The first-order valence-electron chi connectivity index (χ1n) is 12.2. The van der Waals surface area contributed by atoms with Crippen molar-refractivity contribution in [3.8, 4) is 11.8 Å². The van der Waals surface area contributed by atoms with Crippen molar-refractivity contribution in [2.45, 2.75) is 52.0 Å². The summed E-state index contributed by atoms with van der Waals surface area (Å²) in [7, 11) is 0. The third kappa shape index (κ3) is 5.92. The average Bonchev–Trinajstić information content (AvgIpc) is 3.24. The van der Waals surface area contributed by atoms with Crippen LogP contribution in [0, 0.1) is 11.3 Å². The van der Waals surface area contributed by atoms with Crippen molar-refractivity contribution in [2.24, 2.45) is 0 Å². The average molecular weight is 503 g/mol. The topological polar surface area (TPSA) is 95.3 Å². The van der Waals surface area contributed by atoms with E-state index >= 15 is 0 Å². The van der Waals surface area contributed by atoms with Crippen molar-refractivity contribution in [1.82, 2.24) is 9.88 Å². The van der Waals surface area contributed by atoms with E-state index in [1.165, 1.54) is 11.3 Å². The van der Waals surface area contributed by atoms with E-state index in [0.717, 1.165) is 27.3 Å². The Morgan fingerprint density at radius 2 is 2.11 bits per heavy atom. The number of carbonyl (C=O) groups is 2. The predicted molar refractivity (Wildman–Crippen MR) is 140 cm³/mol. The normalized spacial score (nSPS) is 13.4. The minimum absolute atomic E-state index is 0.0409. The number of thiophene rings is 1. The lowest BCUT2D eigenvalue weighted by atomic mass is 9.96. The second-order valence-corrected chi connectivity index (χ2v) is 9.98. The van der Waals surface area contributed by atoms with Gasteiger partial charge in [-0.2, -0.15) is 5.26 Å². The quantitative estimate of drug-likeness (QED) is 0.441. The van der Waals surface area contributed by atoms with Gasteiger partial charge in [0, 0.05) is 36.7 Å². The molecule has 0 radical (unpaired) electrons. The molecule has 1 aromatic carbocycles. The van der Waals surface area contributed by atoms with Gasteiger partial charge < -0.3 is 15.0 Å². The number of nitriles is 1. The number of fused-ring (bicyclic) bond motifs is 1. The smallest absolute Gasteiger partial charge is 0.225 e. The summed E-state index contributed by atoms with van der Waals surface area (Å²) in [5.74, 6) is 0.691. The Labute approximate surface area is 215 Å². The zero-order chi connectivity index (χ0) is 25.5. The molecule has 36 heavy (non-hydrogen) atoms. The lowest BCUT2D eigenvalue weighted by Gasteiger charge is -2.27. The van der Waals surface area contributed by atoms with Gasteiger partial charge in [0.15, 0.2) is 0 Å². The number of aromatic nitrogens is 1. The number of anilines is 1. The van der Waals surface area contributed by atoms with E-state index in [1.54, 1.807) is 12.4 Å². The lowest BCUT2D eigenvalue weighted by Crippen LogP contribution is -2.35. The molecule has 1 aliphatic rings. The highest BCUT2D eigenvalue weighted by molar-refractivity contribution is 7.16. The van der Waals surface area contributed by atoms with E-state index in [4.69, 9.17) is 4.74 Å². The number of carbonyl (C=O) groups excluding carboxylic acids is 2. The molecule has 186 valence electrons. The molecule has 0 spiro atoms. The van der Waals surface area contributed by atoms with Crippen LogP contribution in [0.5, 0.6) is 5.75 Å². The van der Waals surface area contributed by atoms with Crippen LogP contribution >= 0.6 is 11.3 Å². The molecule has 0 unspecified atom stereocenters. The number of amides is 2. The molecule has 0 aliphatic carbocycles. The van der Waals surface area contributed by atoms with Gasteiger partial charge >= 0.3 is 0 Å². The zero-order valence-corrected chi connectivity index (χ0v) is 21.4. The van der Waals surface area contributed by atoms with E-state index in [0.29, 0.717) is 49.5 Å². The van der Waals surface area contributed by atoms with Crippen molar-refractivity contribution in [3.05, 3.63) is 75.9 Å². The Morgan fingerprint density at radius 3 is 2.86 bits per heavy atom. The van der Waals surface area contributed by atoms with E-state index in [2.05, 4.69) is 16.4 Å². The second kappa shape index (κ2) is 11.8. The van der Waals surface area contributed by atoms with Crippen LogP contribution in [-0.4, -0.2) is 34.8 Å². The Hall–Kier alpha value is -3.70. The van der Waals surface area contributed by atoms with Crippen molar-refractivity contribution in [2.75, 3.05) is 18.5 Å². The highest BCUT2D eigenvalue weighted by Crippen LogP contribution is 2.37. The van der Waals surface area contributed by atoms with Gasteiger partial charge in [0.05, 0.1) is 18.7 Å². The monoisotopic (exact) mass is 502 g/mol. The third-order valence-corrected chi connectivity index (χ3v) is 7.50. The maximum absolute atomic E-state index is 12.9. The molecule has 3 heterocycles. The molecule has 7 nitrogen and oxygen atoms in total. The number of benzene rings is 1. The molecule has 1 atom stereocenters. The molecule has 2 amide bonds. The molecular weight excluding hydrogens is 472 g/mol. The van der Waals surface area contributed by atoms with Gasteiger partial charge in [0.1, 0.15) is 16.8 Å². The van der Waals surface area contributed by atoms with Crippen LogP contribution in [0.2, 0.25) is 0 Å². The predicted octanol–water partition coefficient (Wildman–Crippen LogP) is 5.06. The standard InChI is InChI=1S/C28H30N4O3S/c1-3-35-24-9-5-4-8-21(24)19(2)15-26(33)31-28-23(16-29)22-12-14-32(18-25(22)36-28)27(34)11-10-20-7-6-13-30-17-20/h4-9,13,17,19H,3,10-12,14-15,18H2,1-2H3,(H,31,33)/t19-/m0/s1. The number of pyridine rings is 1. The van der Waals surface area contributed by atoms with Crippen molar-refractivity contribution in [3.63, 3.8) is 0 Å². The van der Waals surface area contributed by atoms with E-state index in [1.807, 2.05) is 55.1 Å². The third-order valence-electron chi connectivity index (χ3n) is 6.37. The second-order valence-electron chi connectivity index (χ2n) is 8.87. The summed E-state index contributed by atoms with van der Waals surface area (Å²) in [6, 6.07) is 13.9. The molecule has 4 rings (SSSR count). The molecule has 8 heteroatoms. The minimum Gasteiger partial charge on any atom is -0.494 e. The van der Waals surface area contributed by atoms with E-state index in [9.17, 15) is 14.9 Å². The molecule has 2 aromatic heterocycles. The summed E-state index contributed by atoms with van der Waals surface area (Å²) in [6.07, 6.45) is 5.46. The Balaban J connectivity index is 1.40. The van der Waals surface area contributed by atoms with Gasteiger partial charge in [-0.3, -0.25) is 14.6 Å². The first-order chi connectivity index (χ1) is 17.5. The number of para-hydroxylation sites is 1. The van der Waals surface area contributed by atoms with Crippen LogP contribution < -0.4 is 10.1 Å². The maximum atomic E-state index is 12.9. The fourth-order valence-corrected chi connectivity index (χ4v) is 5.75. The van der Waals surface area contributed by atoms with Crippen LogP contribution in [0.1, 0.15) is 59.7 Å². The largest absolute Gasteiger partial charge is 0.494 e. The number of rotatable bonds is 9. The highest BCUT2D eigenvalue weighted by atomic mass is 32.1. The zero-order valence-electron chi connectivity index (χ0n) is 20.6. The Kier molecular flexibility index (Phi) is 8.34. The first kappa shape index (κ1) is 25.4. The Bertz CT molecular complexity index is 1270. The number of hydrogen-bond acceptors (Lipinski definition) is 6. The fourth-order valence-electron chi connectivity index (χ4n) is 4.52. The Morgan fingerprint density at radius 1 is 1.28 bits per heavy atom. The first-order valence-corrected chi connectivity index (χ1v) is 13.0. The van der Waals surface area contributed by atoms with Gasteiger partial charge in [0.2, 0.25) is 11.8 Å². The van der Waals surface area contributed by atoms with Gasteiger partial charge in [-0.1, -0.05) is 31.2 Å². The van der Waals surface area contributed by atoms with Crippen molar-refractivity contribution >= 4 is 28.2 Å². The summed E-state index contributed by atoms with van der Waals surface area (Å²) < 4.78 is 5.71. The fraction of sp³-hybridized carbons (Fsp3) is 0.357. The van der Waals surface area contributed by atoms with Gasteiger partial charge in [-0.05, 0) is 54.5 Å². The van der Waals surface area contributed by atoms with Gasteiger partial charge in [-0.25, -0.2) is 0 Å². The molecule has 1 aliphatic heterocycles.